The van der Waals surface area contributed by atoms with Crippen molar-refractivity contribution in [3.8, 4) is 0 Å². The number of rotatable bonds is 4. The van der Waals surface area contributed by atoms with Crippen molar-refractivity contribution in [3.05, 3.63) is 71.0 Å². The molecular formula is C16H13F4NO. The molecule has 0 bridgehead atoms. The third-order valence-electron chi connectivity index (χ3n) is 3.10. The molecule has 116 valence electrons. The van der Waals surface area contributed by atoms with Crippen LogP contribution in [-0.2, 0) is 12.6 Å². The minimum Gasteiger partial charge on any atom is -0.352 e. The first-order valence-corrected chi connectivity index (χ1v) is 6.57. The number of hydrogen-bond acceptors (Lipinski definition) is 1. The van der Waals surface area contributed by atoms with Crippen LogP contribution in [0, 0.1) is 5.82 Å². The Bertz CT molecular complexity index is 650. The van der Waals surface area contributed by atoms with E-state index in [0.29, 0.717) is 12.0 Å². The van der Waals surface area contributed by atoms with Crippen LogP contribution in [0.2, 0.25) is 0 Å². The average molecular weight is 311 g/mol. The van der Waals surface area contributed by atoms with Gasteiger partial charge in [0.2, 0.25) is 0 Å². The van der Waals surface area contributed by atoms with Gasteiger partial charge in [-0.05, 0) is 36.2 Å². The van der Waals surface area contributed by atoms with Crippen LogP contribution in [0.3, 0.4) is 0 Å². The van der Waals surface area contributed by atoms with Crippen LogP contribution in [0.1, 0.15) is 21.5 Å². The van der Waals surface area contributed by atoms with E-state index in [1.54, 1.807) is 6.07 Å². The Kier molecular flexibility index (Phi) is 4.80. The maximum Gasteiger partial charge on any atom is 0.416 e. The van der Waals surface area contributed by atoms with E-state index >= 15 is 0 Å². The average Bonchev–Trinajstić information content (AvgIpc) is 2.47. The summed E-state index contributed by atoms with van der Waals surface area (Å²) in [7, 11) is 0. The highest BCUT2D eigenvalue weighted by Gasteiger charge is 2.29. The fourth-order valence-corrected chi connectivity index (χ4v) is 1.92. The molecule has 0 aliphatic heterocycles. The first-order valence-electron chi connectivity index (χ1n) is 6.57. The van der Waals surface area contributed by atoms with Gasteiger partial charge in [-0.1, -0.05) is 24.3 Å². The lowest BCUT2D eigenvalue weighted by molar-refractivity contribution is -0.137. The van der Waals surface area contributed by atoms with Crippen LogP contribution >= 0.6 is 0 Å². The Hall–Kier alpha value is -2.37. The summed E-state index contributed by atoms with van der Waals surface area (Å²) in [6, 6.07) is 10.3. The molecule has 0 atom stereocenters. The van der Waals surface area contributed by atoms with Gasteiger partial charge < -0.3 is 5.32 Å². The molecule has 0 saturated carbocycles. The fraction of sp³-hybridized carbons (Fsp3) is 0.188. The predicted molar refractivity (Wildman–Crippen MR) is 73.9 cm³/mol. The SMILES string of the molecule is O=C(NCCc1ccc(C(F)(F)F)cc1)c1ccccc1F. The van der Waals surface area contributed by atoms with Crippen molar-refractivity contribution in [2.45, 2.75) is 12.6 Å². The summed E-state index contributed by atoms with van der Waals surface area (Å²) >= 11 is 0. The molecule has 0 fully saturated rings. The monoisotopic (exact) mass is 311 g/mol. The molecule has 0 aliphatic carbocycles. The van der Waals surface area contributed by atoms with Crippen LogP contribution in [0.25, 0.3) is 0 Å². The second kappa shape index (κ2) is 6.60. The molecule has 0 aliphatic rings. The molecule has 0 unspecified atom stereocenters. The lowest BCUT2D eigenvalue weighted by Gasteiger charge is -2.08. The molecule has 0 saturated heterocycles. The molecule has 0 aromatic heterocycles. The highest BCUT2D eigenvalue weighted by atomic mass is 19.4. The molecule has 0 radical (unpaired) electrons. The maximum atomic E-state index is 13.4. The summed E-state index contributed by atoms with van der Waals surface area (Å²) in [6.07, 6.45) is -4.00. The van der Waals surface area contributed by atoms with Gasteiger partial charge in [0.25, 0.3) is 5.91 Å². The number of carbonyl (C=O) groups excluding carboxylic acids is 1. The first-order chi connectivity index (χ1) is 10.4. The van der Waals surface area contributed by atoms with Crippen molar-refractivity contribution in [2.24, 2.45) is 0 Å². The van der Waals surface area contributed by atoms with Crippen LogP contribution in [-0.4, -0.2) is 12.5 Å². The summed E-state index contributed by atoms with van der Waals surface area (Å²) in [5, 5.41) is 2.53. The van der Waals surface area contributed by atoms with E-state index < -0.39 is 23.5 Å². The van der Waals surface area contributed by atoms with Crippen molar-refractivity contribution in [3.63, 3.8) is 0 Å². The van der Waals surface area contributed by atoms with Crippen molar-refractivity contribution in [1.29, 1.82) is 0 Å². The lowest BCUT2D eigenvalue weighted by Crippen LogP contribution is -2.26. The van der Waals surface area contributed by atoms with Gasteiger partial charge >= 0.3 is 6.18 Å². The van der Waals surface area contributed by atoms with Crippen LogP contribution < -0.4 is 5.32 Å². The van der Waals surface area contributed by atoms with E-state index in [1.165, 1.54) is 30.3 Å². The third-order valence-corrected chi connectivity index (χ3v) is 3.10. The molecule has 2 aromatic carbocycles. The van der Waals surface area contributed by atoms with Crippen LogP contribution in [0.4, 0.5) is 17.6 Å². The second-order valence-electron chi connectivity index (χ2n) is 4.68. The lowest BCUT2D eigenvalue weighted by atomic mass is 10.1. The number of hydrogen-bond donors (Lipinski definition) is 1. The van der Waals surface area contributed by atoms with E-state index in [9.17, 15) is 22.4 Å². The number of benzene rings is 2. The normalized spacial score (nSPS) is 11.3. The Morgan fingerprint density at radius 3 is 2.23 bits per heavy atom. The van der Waals surface area contributed by atoms with Crippen molar-refractivity contribution in [2.75, 3.05) is 6.54 Å². The molecule has 2 rings (SSSR count). The Balaban J connectivity index is 1.89. The minimum absolute atomic E-state index is 0.0603. The highest BCUT2D eigenvalue weighted by Crippen LogP contribution is 2.29. The molecule has 2 nitrogen and oxygen atoms in total. The molecule has 1 N–H and O–H groups in total. The fourth-order valence-electron chi connectivity index (χ4n) is 1.92. The zero-order chi connectivity index (χ0) is 16.2. The Labute approximate surface area is 124 Å². The van der Waals surface area contributed by atoms with E-state index in [-0.39, 0.29) is 12.1 Å². The minimum atomic E-state index is -4.36. The molecule has 2 aromatic rings. The smallest absolute Gasteiger partial charge is 0.352 e. The van der Waals surface area contributed by atoms with Gasteiger partial charge in [-0.3, -0.25) is 4.79 Å². The Morgan fingerprint density at radius 2 is 1.64 bits per heavy atom. The highest BCUT2D eigenvalue weighted by molar-refractivity contribution is 5.94. The zero-order valence-electron chi connectivity index (χ0n) is 11.5. The molecule has 6 heteroatoms. The molecule has 22 heavy (non-hydrogen) atoms. The zero-order valence-corrected chi connectivity index (χ0v) is 11.5. The van der Waals surface area contributed by atoms with Gasteiger partial charge in [-0.2, -0.15) is 13.2 Å². The largest absolute Gasteiger partial charge is 0.416 e. The summed E-state index contributed by atoms with van der Waals surface area (Å²) in [6.45, 7) is 0.207. The van der Waals surface area contributed by atoms with E-state index in [0.717, 1.165) is 12.1 Å². The standard InChI is InChI=1S/C16H13F4NO/c17-14-4-2-1-3-13(14)15(22)21-10-9-11-5-7-12(8-6-11)16(18,19)20/h1-8H,9-10H2,(H,21,22). The molecule has 1 amide bonds. The van der Waals surface area contributed by atoms with Gasteiger partial charge in [0, 0.05) is 6.54 Å². The summed E-state index contributed by atoms with van der Waals surface area (Å²) in [4.78, 5) is 11.7. The summed E-state index contributed by atoms with van der Waals surface area (Å²) in [5.41, 5.74) is -0.122. The van der Waals surface area contributed by atoms with Crippen LogP contribution in [0.5, 0.6) is 0 Å². The van der Waals surface area contributed by atoms with Gasteiger partial charge in [0.05, 0.1) is 11.1 Å². The summed E-state index contributed by atoms with van der Waals surface area (Å²) in [5.74, 6) is -1.17. The predicted octanol–water partition coefficient (Wildman–Crippen LogP) is 3.82. The number of halogens is 4. The Morgan fingerprint density at radius 1 is 1.00 bits per heavy atom. The van der Waals surface area contributed by atoms with Crippen molar-refractivity contribution in [1.82, 2.24) is 5.32 Å². The first kappa shape index (κ1) is 16.0. The van der Waals surface area contributed by atoms with Gasteiger partial charge in [-0.25, -0.2) is 4.39 Å². The quantitative estimate of drug-likeness (QED) is 0.855. The molecule has 0 spiro atoms. The number of alkyl halides is 3. The summed E-state index contributed by atoms with van der Waals surface area (Å²) < 4.78 is 50.6. The molecule has 0 heterocycles. The van der Waals surface area contributed by atoms with E-state index in [2.05, 4.69) is 5.32 Å². The third kappa shape index (κ3) is 4.07. The maximum absolute atomic E-state index is 13.4. The van der Waals surface area contributed by atoms with Gasteiger partial charge in [0.15, 0.2) is 0 Å². The van der Waals surface area contributed by atoms with E-state index in [4.69, 9.17) is 0 Å². The van der Waals surface area contributed by atoms with Crippen molar-refractivity contribution >= 4 is 5.91 Å². The van der Waals surface area contributed by atoms with Crippen LogP contribution in [0.15, 0.2) is 48.5 Å². The van der Waals surface area contributed by atoms with Gasteiger partial charge in [0.1, 0.15) is 5.82 Å². The topological polar surface area (TPSA) is 29.1 Å². The number of nitrogens with one attached hydrogen (secondary N) is 1. The number of carbonyl (C=O) groups is 1. The number of amides is 1. The second-order valence-corrected chi connectivity index (χ2v) is 4.68. The molecular weight excluding hydrogens is 298 g/mol. The van der Waals surface area contributed by atoms with Gasteiger partial charge in [-0.15, -0.1) is 0 Å². The van der Waals surface area contributed by atoms with E-state index in [1.807, 2.05) is 0 Å². The van der Waals surface area contributed by atoms with Crippen molar-refractivity contribution < 1.29 is 22.4 Å².